The van der Waals surface area contributed by atoms with E-state index >= 15 is 0 Å². The topological polar surface area (TPSA) is 262 Å². The van der Waals surface area contributed by atoms with Gasteiger partial charge in [0, 0.05) is 44.0 Å². The lowest BCUT2D eigenvalue weighted by Gasteiger charge is -2.30. The van der Waals surface area contributed by atoms with Gasteiger partial charge >= 0.3 is 23.9 Å². The van der Waals surface area contributed by atoms with Gasteiger partial charge in [-0.1, -0.05) is 42.5 Å². The van der Waals surface area contributed by atoms with Gasteiger partial charge in [0.05, 0.1) is 12.0 Å². The van der Waals surface area contributed by atoms with Crippen molar-refractivity contribution in [3.8, 4) is 0 Å². The minimum absolute atomic E-state index is 0.0304. The van der Waals surface area contributed by atoms with Crippen molar-refractivity contribution in [2.45, 2.75) is 134 Å². The Kier molecular flexibility index (Phi) is 19.9. The first-order valence-electron chi connectivity index (χ1n) is 21.2. The molecule has 9 N–H and O–H groups in total. The Balaban J connectivity index is 1.52. The average molecular weight is 855 g/mol. The lowest BCUT2D eigenvalue weighted by molar-refractivity contribution is -0.141. The summed E-state index contributed by atoms with van der Waals surface area (Å²) in [5, 5.41) is 46.2. The van der Waals surface area contributed by atoms with Gasteiger partial charge in [0.1, 0.15) is 18.1 Å². The number of amides is 5. The molecule has 0 saturated heterocycles. The fourth-order valence-electron chi connectivity index (χ4n) is 7.14. The molecule has 0 bridgehead atoms. The lowest BCUT2D eigenvalue weighted by Crippen LogP contribution is -2.51. The van der Waals surface area contributed by atoms with Crippen molar-refractivity contribution >= 4 is 52.4 Å². The normalized spacial score (nSPS) is 17.0. The second kappa shape index (κ2) is 24.2. The molecule has 1 saturated carbocycles. The number of nitrogens with one attached hydrogen (secondary N) is 6. The Morgan fingerprint density at radius 2 is 1.41 bits per heavy atom. The molecule has 1 aliphatic rings. The van der Waals surface area contributed by atoms with E-state index in [-0.39, 0.29) is 67.8 Å². The first-order chi connectivity index (χ1) is 28.8. The van der Waals surface area contributed by atoms with Gasteiger partial charge in [-0.25, -0.2) is 14.4 Å². The predicted molar refractivity (Wildman–Crippen MR) is 229 cm³/mol. The quantitative estimate of drug-likeness (QED) is 0.0614. The Hall–Kier alpha value is -5.29. The number of hydrogen-bond acceptors (Lipinski definition) is 9. The zero-order chi connectivity index (χ0) is 45.2. The first-order valence-corrected chi connectivity index (χ1v) is 21.2. The van der Waals surface area contributed by atoms with Gasteiger partial charge in [-0.15, -0.1) is 0 Å². The van der Waals surface area contributed by atoms with E-state index in [1.165, 1.54) is 0 Å². The number of unbranched alkanes of at least 4 members (excludes halogenated alkanes) is 1. The van der Waals surface area contributed by atoms with E-state index < -0.39 is 60.0 Å². The molecular weight excluding hydrogens is 789 g/mol. The fourth-order valence-corrected chi connectivity index (χ4v) is 7.14. The van der Waals surface area contributed by atoms with Gasteiger partial charge < -0.3 is 52.0 Å². The number of carboxylic acid groups (broad SMARTS) is 3. The summed E-state index contributed by atoms with van der Waals surface area (Å²) in [5.41, 5.74) is 0.188. The molecule has 0 aromatic heterocycles. The van der Waals surface area contributed by atoms with Crippen LogP contribution in [0.4, 0.5) is 4.79 Å². The predicted octanol–water partition coefficient (Wildman–Crippen LogP) is 3.72. The van der Waals surface area contributed by atoms with Crippen LogP contribution in [0.2, 0.25) is 0 Å². The lowest BCUT2D eigenvalue weighted by atomic mass is 9.81. The number of rotatable bonds is 26. The zero-order valence-corrected chi connectivity index (χ0v) is 36.1. The smallest absolute Gasteiger partial charge is 0.326 e. The number of hydrogen-bond donors (Lipinski definition) is 9. The molecule has 3 atom stereocenters. The molecule has 0 spiro atoms. The van der Waals surface area contributed by atoms with Gasteiger partial charge in [-0.05, 0) is 115 Å². The summed E-state index contributed by atoms with van der Waals surface area (Å²) in [6.07, 6.45) is 3.69. The monoisotopic (exact) mass is 854 g/mol. The molecule has 2 aromatic rings. The van der Waals surface area contributed by atoms with E-state index in [0.717, 1.165) is 35.6 Å². The van der Waals surface area contributed by atoms with E-state index in [0.29, 0.717) is 32.4 Å². The third-order valence-corrected chi connectivity index (χ3v) is 11.2. The molecule has 1 unspecified atom stereocenters. The number of carboxylic acids is 3. The van der Waals surface area contributed by atoms with E-state index in [9.17, 15) is 43.8 Å². The van der Waals surface area contributed by atoms with Gasteiger partial charge in [-0.3, -0.25) is 19.2 Å². The molecule has 3 rings (SSSR count). The molecule has 0 aliphatic heterocycles. The van der Waals surface area contributed by atoms with Crippen molar-refractivity contribution in [3.63, 3.8) is 0 Å². The molecule has 1 fully saturated rings. The molecule has 61 heavy (non-hydrogen) atoms. The number of carbonyl (C=O) groups excluding carboxylic acids is 4. The molecule has 2 aromatic carbocycles. The maximum Gasteiger partial charge on any atom is 0.326 e. The molecule has 17 heteroatoms. The Labute approximate surface area is 357 Å². The summed E-state index contributed by atoms with van der Waals surface area (Å²) in [6.45, 7) is 9.22. The molecule has 0 radical (unpaired) electrons. The Morgan fingerprint density at radius 1 is 0.770 bits per heavy atom. The van der Waals surface area contributed by atoms with E-state index in [1.807, 2.05) is 63.4 Å². The highest BCUT2D eigenvalue weighted by molar-refractivity contribution is 5.89. The van der Waals surface area contributed by atoms with Gasteiger partial charge in [0.15, 0.2) is 0 Å². The maximum absolute atomic E-state index is 13.7. The molecule has 5 amide bonds. The number of ether oxygens (including phenoxy) is 1. The number of aliphatic carboxylic acids is 3. The van der Waals surface area contributed by atoms with Crippen molar-refractivity contribution in [1.29, 1.82) is 0 Å². The van der Waals surface area contributed by atoms with E-state index in [1.54, 1.807) is 0 Å². The highest BCUT2D eigenvalue weighted by atomic mass is 16.5. The van der Waals surface area contributed by atoms with E-state index in [4.69, 9.17) is 9.84 Å². The summed E-state index contributed by atoms with van der Waals surface area (Å²) < 4.78 is 6.03. The standard InChI is InChI=1S/C44H66N6O11/c1-43(2,45-5)21-23-61-44(3,4)26-36(51)47-27-28-13-17-31(18-14-28)38(54)48-35(25-29-15-16-30-10-6-7-11-32(30)24-29)39(55)46-22-9-8-12-33(40(56)57)49-42(60)50-34(41(58)59)19-20-37(52)53/h6-7,10-11,15-16,24,28,31,33-35,45H,8-9,12-14,17-23,25-27H2,1-5H3,(H,46,55)(H,47,51)(H,48,54)(H,52,53)(H,56,57)(H,58,59)(H2,49,50,60)/t28-,31-,33?,34-,35-/m0/s1. The summed E-state index contributed by atoms with van der Waals surface area (Å²) in [7, 11) is 1.91. The highest BCUT2D eigenvalue weighted by Crippen LogP contribution is 2.29. The largest absolute Gasteiger partial charge is 0.481 e. The van der Waals surface area contributed by atoms with Crippen molar-refractivity contribution in [2.24, 2.45) is 11.8 Å². The van der Waals surface area contributed by atoms with Crippen LogP contribution in [0.3, 0.4) is 0 Å². The number of fused-ring (bicyclic) bond motifs is 1. The van der Waals surface area contributed by atoms with Crippen LogP contribution < -0.4 is 31.9 Å². The third kappa shape index (κ3) is 18.5. The molecule has 0 heterocycles. The zero-order valence-electron chi connectivity index (χ0n) is 36.1. The van der Waals surface area contributed by atoms with Gasteiger partial charge in [-0.2, -0.15) is 0 Å². The van der Waals surface area contributed by atoms with Crippen LogP contribution in [0, 0.1) is 11.8 Å². The molecular formula is C44H66N6O11. The summed E-state index contributed by atoms with van der Waals surface area (Å²) >= 11 is 0. The molecule has 17 nitrogen and oxygen atoms in total. The number of benzene rings is 2. The van der Waals surface area contributed by atoms with Crippen molar-refractivity contribution in [2.75, 3.05) is 26.7 Å². The molecule has 1 aliphatic carbocycles. The van der Waals surface area contributed by atoms with Crippen LogP contribution in [0.1, 0.15) is 104 Å². The first kappa shape index (κ1) is 50.1. The second-order valence-electron chi connectivity index (χ2n) is 17.3. The van der Waals surface area contributed by atoms with Crippen LogP contribution >= 0.6 is 0 Å². The minimum atomic E-state index is -1.52. The third-order valence-electron chi connectivity index (χ3n) is 11.2. The summed E-state index contributed by atoms with van der Waals surface area (Å²) in [4.78, 5) is 86.5. The van der Waals surface area contributed by atoms with Crippen LogP contribution in [0.5, 0.6) is 0 Å². The SMILES string of the molecule is CNC(C)(C)CCOC(C)(C)CC(=O)NC[C@H]1CC[C@H](C(=O)N[C@@H](Cc2ccc3ccccc3c2)C(=O)NCCCCC(NC(=O)N[C@@H](CCC(=O)O)C(=O)O)C(=O)O)CC1. The number of carbonyl (C=O) groups is 7. The van der Waals surface area contributed by atoms with Crippen molar-refractivity contribution in [3.05, 3.63) is 48.0 Å². The second-order valence-corrected chi connectivity index (χ2v) is 17.3. The van der Waals surface area contributed by atoms with Crippen molar-refractivity contribution in [1.82, 2.24) is 31.9 Å². The highest BCUT2D eigenvalue weighted by Gasteiger charge is 2.31. The Morgan fingerprint density at radius 3 is 2.03 bits per heavy atom. The van der Waals surface area contributed by atoms with Crippen LogP contribution in [-0.4, -0.2) is 113 Å². The Bertz CT molecular complexity index is 1810. The maximum atomic E-state index is 13.7. The molecule has 338 valence electrons. The van der Waals surface area contributed by atoms with Gasteiger partial charge in [0.2, 0.25) is 17.7 Å². The van der Waals surface area contributed by atoms with Crippen LogP contribution in [0.25, 0.3) is 10.8 Å². The number of urea groups is 1. The van der Waals surface area contributed by atoms with Gasteiger partial charge in [0.25, 0.3) is 0 Å². The van der Waals surface area contributed by atoms with Crippen molar-refractivity contribution < 1.29 is 53.6 Å². The fraction of sp³-hybridized carbons (Fsp3) is 0.614. The van der Waals surface area contributed by atoms with Crippen LogP contribution in [-0.2, 0) is 39.9 Å². The average Bonchev–Trinajstić information content (AvgIpc) is 3.20. The summed E-state index contributed by atoms with van der Waals surface area (Å²) in [5.74, 6) is -4.82. The van der Waals surface area contributed by atoms with E-state index in [2.05, 4.69) is 45.7 Å². The van der Waals surface area contributed by atoms with Crippen LogP contribution in [0.15, 0.2) is 42.5 Å². The summed E-state index contributed by atoms with van der Waals surface area (Å²) in [6, 6.07) is 8.86. The minimum Gasteiger partial charge on any atom is -0.481 e.